The first-order chi connectivity index (χ1) is 11.7. The highest BCUT2D eigenvalue weighted by molar-refractivity contribution is 5.54. The van der Waals surface area contributed by atoms with E-state index in [0.29, 0.717) is 5.56 Å². The van der Waals surface area contributed by atoms with Crippen LogP contribution >= 0.6 is 0 Å². The van der Waals surface area contributed by atoms with E-state index in [2.05, 4.69) is 42.6 Å². The predicted molar refractivity (Wildman–Crippen MR) is 96.9 cm³/mol. The summed E-state index contributed by atoms with van der Waals surface area (Å²) in [5.41, 5.74) is 2.47. The van der Waals surface area contributed by atoms with Gasteiger partial charge in [-0.1, -0.05) is 43.4 Å². The molecule has 1 aliphatic carbocycles. The standard InChI is InChI=1S/C21H20N2O/c1-16-5-3-4-14-21(16,18-8-6-17(15-22)7-9-18)23-19-10-12-20(24-2)13-11-19/h3-14,16,23H,1-2H3. The highest BCUT2D eigenvalue weighted by atomic mass is 16.5. The Morgan fingerprint density at radius 3 is 2.33 bits per heavy atom. The van der Waals surface area contributed by atoms with Gasteiger partial charge in [0, 0.05) is 11.6 Å². The summed E-state index contributed by atoms with van der Waals surface area (Å²) in [4.78, 5) is 0. The Hall–Kier alpha value is -2.99. The van der Waals surface area contributed by atoms with Gasteiger partial charge in [0.15, 0.2) is 0 Å². The second kappa shape index (κ2) is 6.64. The van der Waals surface area contributed by atoms with Crippen molar-refractivity contribution in [1.29, 1.82) is 5.26 Å². The van der Waals surface area contributed by atoms with Crippen LogP contribution in [0.25, 0.3) is 0 Å². The molecule has 2 aromatic rings. The van der Waals surface area contributed by atoms with Crippen molar-refractivity contribution >= 4 is 5.69 Å². The maximum absolute atomic E-state index is 9.04. The number of anilines is 1. The average Bonchev–Trinajstić information content (AvgIpc) is 2.64. The summed E-state index contributed by atoms with van der Waals surface area (Å²) >= 11 is 0. The van der Waals surface area contributed by atoms with Crippen molar-refractivity contribution in [3.8, 4) is 11.8 Å². The lowest BCUT2D eigenvalue weighted by Gasteiger charge is -2.39. The predicted octanol–water partition coefficient (Wildman–Crippen LogP) is 4.64. The maximum Gasteiger partial charge on any atom is 0.119 e. The molecule has 2 unspecified atom stereocenters. The molecule has 0 amide bonds. The van der Waals surface area contributed by atoms with Crippen LogP contribution in [-0.2, 0) is 5.54 Å². The van der Waals surface area contributed by atoms with E-state index in [-0.39, 0.29) is 11.5 Å². The molecule has 0 bridgehead atoms. The number of allylic oxidation sites excluding steroid dienone is 2. The van der Waals surface area contributed by atoms with Crippen LogP contribution in [0, 0.1) is 17.2 Å². The van der Waals surface area contributed by atoms with Crippen molar-refractivity contribution in [2.45, 2.75) is 12.5 Å². The number of hydrogen-bond donors (Lipinski definition) is 1. The summed E-state index contributed by atoms with van der Waals surface area (Å²) in [6.45, 7) is 2.19. The Labute approximate surface area is 142 Å². The molecule has 0 spiro atoms. The number of rotatable bonds is 4. The summed E-state index contributed by atoms with van der Waals surface area (Å²) in [7, 11) is 1.66. The van der Waals surface area contributed by atoms with E-state index in [9.17, 15) is 0 Å². The van der Waals surface area contributed by atoms with Crippen molar-refractivity contribution in [3.63, 3.8) is 0 Å². The zero-order valence-corrected chi connectivity index (χ0v) is 13.9. The molecule has 3 rings (SSSR count). The van der Waals surface area contributed by atoms with E-state index >= 15 is 0 Å². The summed E-state index contributed by atoms with van der Waals surface area (Å²) in [5.74, 6) is 1.10. The van der Waals surface area contributed by atoms with Gasteiger partial charge in [0.2, 0.25) is 0 Å². The quantitative estimate of drug-likeness (QED) is 0.894. The summed E-state index contributed by atoms with van der Waals surface area (Å²) in [5, 5.41) is 12.7. The van der Waals surface area contributed by atoms with Gasteiger partial charge in [0.05, 0.1) is 24.3 Å². The van der Waals surface area contributed by atoms with Gasteiger partial charge < -0.3 is 10.1 Å². The van der Waals surface area contributed by atoms with E-state index in [1.165, 1.54) is 0 Å². The number of hydrogen-bond acceptors (Lipinski definition) is 3. The number of nitrogens with zero attached hydrogens (tertiary/aromatic N) is 1. The molecule has 0 saturated carbocycles. The van der Waals surface area contributed by atoms with Crippen LogP contribution in [-0.4, -0.2) is 7.11 Å². The van der Waals surface area contributed by atoms with Crippen LogP contribution in [0.2, 0.25) is 0 Å². The highest BCUT2D eigenvalue weighted by Gasteiger charge is 2.35. The van der Waals surface area contributed by atoms with Crippen molar-refractivity contribution in [2.24, 2.45) is 5.92 Å². The molecule has 2 atom stereocenters. The first kappa shape index (κ1) is 15.9. The molecule has 2 aromatic carbocycles. The van der Waals surface area contributed by atoms with Crippen LogP contribution in [0.3, 0.4) is 0 Å². The normalized spacial score (nSPS) is 22.0. The summed E-state index contributed by atoms with van der Waals surface area (Å²) in [6.07, 6.45) is 8.51. The Kier molecular flexibility index (Phi) is 4.39. The van der Waals surface area contributed by atoms with E-state index in [0.717, 1.165) is 17.0 Å². The van der Waals surface area contributed by atoms with Gasteiger partial charge in [-0.2, -0.15) is 5.26 Å². The van der Waals surface area contributed by atoms with Gasteiger partial charge >= 0.3 is 0 Å². The van der Waals surface area contributed by atoms with Crippen LogP contribution in [0.4, 0.5) is 5.69 Å². The number of benzene rings is 2. The minimum Gasteiger partial charge on any atom is -0.497 e. The third kappa shape index (κ3) is 2.91. The SMILES string of the molecule is COc1ccc(NC2(c3ccc(C#N)cc3)C=CC=CC2C)cc1. The van der Waals surface area contributed by atoms with Crippen LogP contribution in [0.15, 0.2) is 72.8 Å². The van der Waals surface area contributed by atoms with E-state index < -0.39 is 0 Å². The zero-order chi connectivity index (χ0) is 17.0. The molecular weight excluding hydrogens is 296 g/mol. The Morgan fingerprint density at radius 1 is 1.04 bits per heavy atom. The number of nitrogens with one attached hydrogen (secondary N) is 1. The van der Waals surface area contributed by atoms with E-state index in [4.69, 9.17) is 10.00 Å². The lowest BCUT2D eigenvalue weighted by atomic mass is 9.76. The molecule has 1 aliphatic rings. The number of nitriles is 1. The van der Waals surface area contributed by atoms with Crippen LogP contribution < -0.4 is 10.1 Å². The second-order valence-electron chi connectivity index (χ2n) is 5.94. The molecule has 120 valence electrons. The van der Waals surface area contributed by atoms with Gasteiger partial charge in [-0.15, -0.1) is 0 Å². The molecule has 0 saturated heterocycles. The zero-order valence-electron chi connectivity index (χ0n) is 13.9. The summed E-state index contributed by atoms with van der Waals surface area (Å²) < 4.78 is 5.23. The van der Waals surface area contributed by atoms with Crippen LogP contribution in [0.1, 0.15) is 18.1 Å². The molecule has 3 nitrogen and oxygen atoms in total. The smallest absolute Gasteiger partial charge is 0.119 e. The Bertz CT molecular complexity index is 797. The lowest BCUT2D eigenvalue weighted by Crippen LogP contribution is -2.40. The third-order valence-corrected chi connectivity index (χ3v) is 4.52. The van der Waals surface area contributed by atoms with Crippen molar-refractivity contribution in [3.05, 3.63) is 84.0 Å². The maximum atomic E-state index is 9.04. The van der Waals surface area contributed by atoms with Gasteiger partial charge in [-0.3, -0.25) is 0 Å². The van der Waals surface area contributed by atoms with Gasteiger partial charge in [0.25, 0.3) is 0 Å². The minimum atomic E-state index is -0.350. The fourth-order valence-corrected chi connectivity index (χ4v) is 3.06. The molecule has 24 heavy (non-hydrogen) atoms. The van der Waals surface area contributed by atoms with Crippen molar-refractivity contribution in [1.82, 2.24) is 0 Å². The molecule has 0 fully saturated rings. The largest absolute Gasteiger partial charge is 0.497 e. The topological polar surface area (TPSA) is 45.0 Å². The Balaban J connectivity index is 2.00. The molecular formula is C21H20N2O. The fraction of sp³-hybridized carbons (Fsp3) is 0.190. The Morgan fingerprint density at radius 2 is 1.75 bits per heavy atom. The van der Waals surface area contributed by atoms with Gasteiger partial charge in [-0.05, 0) is 42.0 Å². The molecule has 0 radical (unpaired) electrons. The molecule has 3 heteroatoms. The fourth-order valence-electron chi connectivity index (χ4n) is 3.06. The minimum absolute atomic E-state index is 0.262. The first-order valence-electron chi connectivity index (χ1n) is 7.97. The molecule has 1 N–H and O–H groups in total. The van der Waals surface area contributed by atoms with Crippen LogP contribution in [0.5, 0.6) is 5.75 Å². The molecule has 0 aliphatic heterocycles. The van der Waals surface area contributed by atoms with Gasteiger partial charge in [0.1, 0.15) is 5.75 Å². The summed E-state index contributed by atoms with van der Waals surface area (Å²) in [6, 6.07) is 17.9. The number of methoxy groups -OCH3 is 1. The van der Waals surface area contributed by atoms with E-state index in [1.54, 1.807) is 7.11 Å². The monoisotopic (exact) mass is 316 g/mol. The van der Waals surface area contributed by atoms with Gasteiger partial charge in [-0.25, -0.2) is 0 Å². The highest BCUT2D eigenvalue weighted by Crippen LogP contribution is 2.38. The first-order valence-corrected chi connectivity index (χ1v) is 7.97. The molecule has 0 heterocycles. The lowest BCUT2D eigenvalue weighted by molar-refractivity contribution is 0.414. The second-order valence-corrected chi connectivity index (χ2v) is 5.94. The molecule has 0 aromatic heterocycles. The van der Waals surface area contributed by atoms with Crippen molar-refractivity contribution in [2.75, 3.05) is 12.4 Å². The van der Waals surface area contributed by atoms with E-state index in [1.807, 2.05) is 48.5 Å². The third-order valence-electron chi connectivity index (χ3n) is 4.52. The average molecular weight is 316 g/mol. The van der Waals surface area contributed by atoms with Crippen molar-refractivity contribution < 1.29 is 4.74 Å². The number of ether oxygens (including phenoxy) is 1.